The van der Waals surface area contributed by atoms with Crippen LogP contribution >= 0.6 is 11.9 Å². The van der Waals surface area contributed by atoms with Crippen molar-refractivity contribution in [3.63, 3.8) is 0 Å². The van der Waals surface area contributed by atoms with Gasteiger partial charge in [0.2, 0.25) is 0 Å². The van der Waals surface area contributed by atoms with Gasteiger partial charge in [0.25, 0.3) is 0 Å². The molecule has 2 N–H and O–H groups in total. The topological polar surface area (TPSA) is 29.3 Å². The highest BCUT2D eigenvalue weighted by molar-refractivity contribution is 8.01. The molecule has 1 aliphatic rings. The maximum Gasteiger partial charge on any atom is 0.152 e. The van der Waals surface area contributed by atoms with E-state index in [0.29, 0.717) is 0 Å². The Morgan fingerprint density at radius 3 is 2.05 bits per heavy atom. The molecule has 0 bridgehead atoms. The van der Waals surface area contributed by atoms with Crippen molar-refractivity contribution < 1.29 is 0 Å². The minimum absolute atomic E-state index is 0.663. The summed E-state index contributed by atoms with van der Waals surface area (Å²) in [5, 5.41) is 0. The molecule has 2 nitrogen and oxygen atoms in total. The monoisotopic (exact) mass is 304 g/mol. The van der Waals surface area contributed by atoms with Gasteiger partial charge in [-0.25, -0.2) is 0 Å². The largest absolute Gasteiger partial charge is 0.300 e. The van der Waals surface area contributed by atoms with Crippen molar-refractivity contribution in [2.45, 2.75) is 10.6 Å². The number of nitrogens with zero attached hydrogens (tertiary/aromatic N) is 1. The van der Waals surface area contributed by atoms with Crippen LogP contribution in [-0.4, -0.2) is 0 Å². The second-order valence-electron chi connectivity index (χ2n) is 5.35. The lowest BCUT2D eigenvalue weighted by molar-refractivity contribution is 0.582. The molecule has 0 fully saturated rings. The highest BCUT2D eigenvalue weighted by Crippen LogP contribution is 2.50. The van der Waals surface area contributed by atoms with Crippen LogP contribution in [-0.2, 0) is 5.66 Å². The van der Waals surface area contributed by atoms with Crippen molar-refractivity contribution in [2.75, 3.05) is 4.31 Å². The van der Waals surface area contributed by atoms with E-state index in [-0.39, 0.29) is 0 Å². The number of hydrogen-bond acceptors (Lipinski definition) is 3. The summed E-state index contributed by atoms with van der Waals surface area (Å²) in [5.74, 6) is 0. The second kappa shape index (κ2) is 5.20. The van der Waals surface area contributed by atoms with Crippen molar-refractivity contribution in [1.82, 2.24) is 0 Å². The first-order valence-electron chi connectivity index (χ1n) is 7.27. The SMILES string of the molecule is NC1(c2ccccc2)c2ccccc2SN1c1ccccc1. The van der Waals surface area contributed by atoms with Gasteiger partial charge in [0.15, 0.2) is 5.66 Å². The van der Waals surface area contributed by atoms with E-state index < -0.39 is 5.66 Å². The Bertz CT molecular complexity index is 789. The van der Waals surface area contributed by atoms with Gasteiger partial charge in [0.05, 0.1) is 5.69 Å². The zero-order valence-corrected chi connectivity index (χ0v) is 12.8. The number of benzene rings is 3. The Balaban J connectivity index is 1.94. The fourth-order valence-electron chi connectivity index (χ4n) is 2.93. The fourth-order valence-corrected chi connectivity index (χ4v) is 4.16. The van der Waals surface area contributed by atoms with Crippen LogP contribution in [0.2, 0.25) is 0 Å². The van der Waals surface area contributed by atoms with Crippen LogP contribution in [0, 0.1) is 0 Å². The minimum atomic E-state index is -0.663. The van der Waals surface area contributed by atoms with Crippen molar-refractivity contribution in [1.29, 1.82) is 0 Å². The number of hydrogen-bond donors (Lipinski definition) is 1. The Morgan fingerprint density at radius 1 is 0.727 bits per heavy atom. The molecule has 4 rings (SSSR count). The van der Waals surface area contributed by atoms with E-state index in [4.69, 9.17) is 5.73 Å². The van der Waals surface area contributed by atoms with Gasteiger partial charge in [-0.2, -0.15) is 0 Å². The van der Waals surface area contributed by atoms with E-state index in [1.54, 1.807) is 11.9 Å². The quantitative estimate of drug-likeness (QED) is 0.713. The number of fused-ring (bicyclic) bond motifs is 1. The molecule has 1 unspecified atom stereocenters. The van der Waals surface area contributed by atoms with Gasteiger partial charge >= 0.3 is 0 Å². The maximum absolute atomic E-state index is 6.97. The summed E-state index contributed by atoms with van der Waals surface area (Å²) in [6.45, 7) is 0. The third kappa shape index (κ3) is 1.94. The molecule has 1 atom stereocenters. The number of para-hydroxylation sites is 1. The highest BCUT2D eigenvalue weighted by atomic mass is 32.2. The van der Waals surface area contributed by atoms with E-state index >= 15 is 0 Å². The van der Waals surface area contributed by atoms with Crippen LogP contribution in [0.1, 0.15) is 11.1 Å². The normalized spacial score (nSPS) is 20.0. The number of nitrogens with two attached hydrogens (primary N) is 1. The summed E-state index contributed by atoms with van der Waals surface area (Å²) in [6, 6.07) is 29.0. The van der Waals surface area contributed by atoms with Gasteiger partial charge < -0.3 is 5.73 Å². The lowest BCUT2D eigenvalue weighted by Gasteiger charge is -2.36. The molecule has 0 spiro atoms. The van der Waals surface area contributed by atoms with Crippen LogP contribution in [0.5, 0.6) is 0 Å². The molecule has 0 aromatic heterocycles. The van der Waals surface area contributed by atoms with E-state index in [1.807, 2.05) is 36.4 Å². The van der Waals surface area contributed by atoms with Crippen LogP contribution < -0.4 is 10.0 Å². The molecule has 1 heterocycles. The lowest BCUT2D eigenvalue weighted by atomic mass is 9.91. The van der Waals surface area contributed by atoms with Crippen molar-refractivity contribution in [3.05, 3.63) is 96.1 Å². The molecule has 1 aliphatic heterocycles. The number of anilines is 1. The Hall–Kier alpha value is -2.23. The van der Waals surface area contributed by atoms with Gasteiger partial charge in [0, 0.05) is 10.5 Å². The predicted octanol–water partition coefficient (Wildman–Crippen LogP) is 4.37. The Morgan fingerprint density at radius 2 is 1.32 bits per heavy atom. The third-order valence-corrected chi connectivity index (χ3v) is 5.25. The van der Waals surface area contributed by atoms with Crippen molar-refractivity contribution in [2.24, 2.45) is 5.73 Å². The second-order valence-corrected chi connectivity index (χ2v) is 6.34. The summed E-state index contributed by atoms with van der Waals surface area (Å²) in [5.41, 5.74) is 9.66. The van der Waals surface area contributed by atoms with Crippen LogP contribution in [0.15, 0.2) is 89.8 Å². The predicted molar refractivity (Wildman–Crippen MR) is 92.6 cm³/mol. The van der Waals surface area contributed by atoms with Gasteiger partial charge in [0.1, 0.15) is 0 Å². The molecule has 22 heavy (non-hydrogen) atoms. The molecule has 108 valence electrons. The first kappa shape index (κ1) is 13.4. The Kier molecular flexibility index (Phi) is 3.17. The standard InChI is InChI=1S/C19H16N2S/c20-19(15-9-3-1-4-10-15)17-13-7-8-14-18(17)22-21(19)16-11-5-2-6-12-16/h1-14H,20H2. The number of rotatable bonds is 2. The zero-order valence-electron chi connectivity index (χ0n) is 12.0. The molecule has 3 aromatic carbocycles. The first-order chi connectivity index (χ1) is 10.8. The smallest absolute Gasteiger partial charge is 0.152 e. The highest BCUT2D eigenvalue weighted by Gasteiger charge is 2.44. The van der Waals surface area contributed by atoms with Crippen LogP contribution in [0.4, 0.5) is 5.69 Å². The molecule has 0 amide bonds. The summed E-state index contributed by atoms with van der Waals surface area (Å²) in [7, 11) is 0. The molecule has 0 aliphatic carbocycles. The zero-order chi connectivity index (χ0) is 15.0. The maximum atomic E-state index is 6.97. The molecular weight excluding hydrogens is 288 g/mol. The summed E-state index contributed by atoms with van der Waals surface area (Å²) >= 11 is 1.70. The average Bonchev–Trinajstić information content (AvgIpc) is 2.91. The van der Waals surface area contributed by atoms with Gasteiger partial charge in [-0.1, -0.05) is 66.7 Å². The third-order valence-electron chi connectivity index (χ3n) is 4.01. The average molecular weight is 304 g/mol. The van der Waals surface area contributed by atoms with E-state index in [1.165, 1.54) is 4.90 Å². The van der Waals surface area contributed by atoms with Gasteiger partial charge in [-0.3, -0.25) is 4.31 Å². The fraction of sp³-hybridized carbons (Fsp3) is 0.0526. The molecule has 3 aromatic rings. The van der Waals surface area contributed by atoms with E-state index in [9.17, 15) is 0 Å². The molecular formula is C19H16N2S. The van der Waals surface area contributed by atoms with Crippen molar-refractivity contribution >= 4 is 17.6 Å². The van der Waals surface area contributed by atoms with E-state index in [2.05, 4.69) is 52.8 Å². The molecule has 0 saturated carbocycles. The Labute approximate surface area is 134 Å². The summed E-state index contributed by atoms with van der Waals surface area (Å²) < 4.78 is 2.20. The van der Waals surface area contributed by atoms with Crippen LogP contribution in [0.3, 0.4) is 0 Å². The minimum Gasteiger partial charge on any atom is -0.300 e. The van der Waals surface area contributed by atoms with Gasteiger partial charge in [-0.15, -0.1) is 0 Å². The molecule has 0 radical (unpaired) electrons. The first-order valence-corrected chi connectivity index (χ1v) is 8.04. The molecule has 0 saturated heterocycles. The summed E-state index contributed by atoms with van der Waals surface area (Å²) in [6.07, 6.45) is 0. The lowest BCUT2D eigenvalue weighted by Crippen LogP contribution is -2.48. The van der Waals surface area contributed by atoms with Crippen LogP contribution in [0.25, 0.3) is 0 Å². The van der Waals surface area contributed by atoms with E-state index in [0.717, 1.165) is 16.8 Å². The van der Waals surface area contributed by atoms with Gasteiger partial charge in [-0.05, 0) is 35.7 Å². The summed E-state index contributed by atoms with van der Waals surface area (Å²) in [4.78, 5) is 1.21. The molecule has 3 heteroatoms. The van der Waals surface area contributed by atoms with Crippen molar-refractivity contribution in [3.8, 4) is 0 Å².